The molecular formula is C11H17NS. The minimum Gasteiger partial charge on any atom is -0.260 e. The SMILES string of the molecule is Cc1ccccc1SNCC(C)C. The van der Waals surface area contributed by atoms with Gasteiger partial charge >= 0.3 is 0 Å². The van der Waals surface area contributed by atoms with E-state index in [0.717, 1.165) is 6.54 Å². The molecule has 0 fully saturated rings. The molecule has 0 atom stereocenters. The largest absolute Gasteiger partial charge is 0.260 e. The van der Waals surface area contributed by atoms with Gasteiger partial charge in [0.25, 0.3) is 0 Å². The summed E-state index contributed by atoms with van der Waals surface area (Å²) < 4.78 is 3.36. The lowest BCUT2D eigenvalue weighted by Gasteiger charge is -2.08. The maximum absolute atomic E-state index is 3.36. The van der Waals surface area contributed by atoms with Crippen molar-refractivity contribution >= 4 is 11.9 Å². The van der Waals surface area contributed by atoms with Crippen molar-refractivity contribution in [2.45, 2.75) is 25.7 Å². The van der Waals surface area contributed by atoms with Gasteiger partial charge in [0.15, 0.2) is 0 Å². The molecule has 0 aromatic heterocycles. The van der Waals surface area contributed by atoms with E-state index < -0.39 is 0 Å². The molecule has 0 spiro atoms. The normalized spacial score (nSPS) is 10.8. The molecule has 0 bridgehead atoms. The van der Waals surface area contributed by atoms with Crippen molar-refractivity contribution in [3.8, 4) is 0 Å². The van der Waals surface area contributed by atoms with Crippen LogP contribution >= 0.6 is 11.9 Å². The Balaban J connectivity index is 2.41. The van der Waals surface area contributed by atoms with Crippen LogP contribution < -0.4 is 4.72 Å². The minimum absolute atomic E-state index is 0.705. The van der Waals surface area contributed by atoms with Crippen LogP contribution in [0.1, 0.15) is 19.4 Å². The highest BCUT2D eigenvalue weighted by Gasteiger charge is 1.97. The van der Waals surface area contributed by atoms with E-state index in [1.807, 2.05) is 0 Å². The number of rotatable bonds is 4. The highest BCUT2D eigenvalue weighted by molar-refractivity contribution is 7.97. The van der Waals surface area contributed by atoms with Gasteiger partial charge in [0, 0.05) is 11.4 Å². The molecule has 0 aliphatic carbocycles. The maximum atomic E-state index is 3.36. The summed E-state index contributed by atoms with van der Waals surface area (Å²) in [4.78, 5) is 1.32. The number of benzene rings is 1. The Morgan fingerprint density at radius 3 is 2.62 bits per heavy atom. The van der Waals surface area contributed by atoms with Gasteiger partial charge in [0.05, 0.1) is 0 Å². The molecule has 1 N–H and O–H groups in total. The molecule has 0 saturated carbocycles. The second-order valence-corrected chi connectivity index (χ2v) is 4.54. The van der Waals surface area contributed by atoms with Gasteiger partial charge in [-0.2, -0.15) is 0 Å². The predicted molar refractivity (Wildman–Crippen MR) is 59.9 cm³/mol. The standard InChI is InChI=1S/C11H17NS/c1-9(2)8-12-13-11-7-5-4-6-10(11)3/h4-7,9,12H,8H2,1-3H3. The van der Waals surface area contributed by atoms with Crippen molar-refractivity contribution in [3.63, 3.8) is 0 Å². The van der Waals surface area contributed by atoms with Crippen LogP contribution in [-0.2, 0) is 0 Å². The second kappa shape index (κ2) is 5.30. The average Bonchev–Trinajstić information content (AvgIpc) is 2.08. The molecule has 0 radical (unpaired) electrons. The molecule has 0 unspecified atom stereocenters. The van der Waals surface area contributed by atoms with Gasteiger partial charge in [-0.05, 0) is 36.4 Å². The van der Waals surface area contributed by atoms with Gasteiger partial charge < -0.3 is 0 Å². The van der Waals surface area contributed by atoms with Gasteiger partial charge in [-0.1, -0.05) is 32.0 Å². The zero-order valence-corrected chi connectivity index (χ0v) is 9.32. The van der Waals surface area contributed by atoms with Gasteiger partial charge in [0.2, 0.25) is 0 Å². The summed E-state index contributed by atoms with van der Waals surface area (Å²) in [6.45, 7) is 7.62. The Morgan fingerprint density at radius 1 is 1.31 bits per heavy atom. The van der Waals surface area contributed by atoms with Crippen molar-refractivity contribution < 1.29 is 0 Å². The first-order chi connectivity index (χ1) is 6.20. The zero-order valence-electron chi connectivity index (χ0n) is 8.50. The van der Waals surface area contributed by atoms with Crippen LogP contribution in [0.4, 0.5) is 0 Å². The molecule has 0 heterocycles. The minimum atomic E-state index is 0.705. The molecule has 2 heteroatoms. The average molecular weight is 195 g/mol. The Labute approximate surface area is 85.1 Å². The Kier molecular flexibility index (Phi) is 4.33. The van der Waals surface area contributed by atoms with Crippen molar-refractivity contribution in [1.82, 2.24) is 4.72 Å². The van der Waals surface area contributed by atoms with Crippen LogP contribution in [0.5, 0.6) is 0 Å². The van der Waals surface area contributed by atoms with E-state index in [-0.39, 0.29) is 0 Å². The van der Waals surface area contributed by atoms with E-state index in [0.29, 0.717) is 5.92 Å². The van der Waals surface area contributed by atoms with Gasteiger partial charge in [0.1, 0.15) is 0 Å². The summed E-state index contributed by atoms with van der Waals surface area (Å²) in [6.07, 6.45) is 0. The number of hydrogen-bond donors (Lipinski definition) is 1. The summed E-state index contributed by atoms with van der Waals surface area (Å²) in [7, 11) is 0. The number of hydrogen-bond acceptors (Lipinski definition) is 2. The third-order valence-corrected chi connectivity index (χ3v) is 2.76. The monoisotopic (exact) mass is 195 g/mol. The van der Waals surface area contributed by atoms with Crippen LogP contribution in [0.3, 0.4) is 0 Å². The van der Waals surface area contributed by atoms with Gasteiger partial charge in [-0.25, -0.2) is 0 Å². The predicted octanol–water partition coefficient (Wildman–Crippen LogP) is 3.25. The molecule has 1 rings (SSSR count). The molecule has 1 nitrogen and oxygen atoms in total. The van der Waals surface area contributed by atoms with Crippen molar-refractivity contribution in [3.05, 3.63) is 29.8 Å². The van der Waals surface area contributed by atoms with E-state index in [9.17, 15) is 0 Å². The first kappa shape index (κ1) is 10.6. The van der Waals surface area contributed by atoms with E-state index in [2.05, 4.69) is 49.8 Å². The van der Waals surface area contributed by atoms with Gasteiger partial charge in [-0.3, -0.25) is 4.72 Å². The summed E-state index contributed by atoms with van der Waals surface area (Å²) in [6, 6.07) is 8.43. The van der Waals surface area contributed by atoms with Crippen LogP contribution in [0, 0.1) is 12.8 Å². The van der Waals surface area contributed by atoms with Crippen molar-refractivity contribution in [2.75, 3.05) is 6.54 Å². The second-order valence-electron chi connectivity index (χ2n) is 3.61. The molecule has 0 aliphatic rings. The van der Waals surface area contributed by atoms with Crippen LogP contribution in [0.15, 0.2) is 29.2 Å². The lowest BCUT2D eigenvalue weighted by Crippen LogP contribution is -2.11. The van der Waals surface area contributed by atoms with E-state index in [1.165, 1.54) is 10.5 Å². The van der Waals surface area contributed by atoms with Crippen LogP contribution in [0.2, 0.25) is 0 Å². The Hall–Kier alpha value is -0.470. The third kappa shape index (κ3) is 3.83. The molecule has 13 heavy (non-hydrogen) atoms. The summed E-state index contributed by atoms with van der Waals surface area (Å²) in [5.74, 6) is 0.705. The molecule has 1 aromatic rings. The molecule has 0 saturated heterocycles. The quantitative estimate of drug-likeness (QED) is 0.740. The lowest BCUT2D eigenvalue weighted by atomic mass is 10.2. The first-order valence-electron chi connectivity index (χ1n) is 4.65. The van der Waals surface area contributed by atoms with Crippen LogP contribution in [0.25, 0.3) is 0 Å². The number of aryl methyl sites for hydroxylation is 1. The highest BCUT2D eigenvalue weighted by atomic mass is 32.2. The highest BCUT2D eigenvalue weighted by Crippen LogP contribution is 2.18. The van der Waals surface area contributed by atoms with E-state index >= 15 is 0 Å². The fourth-order valence-corrected chi connectivity index (χ4v) is 1.90. The van der Waals surface area contributed by atoms with Crippen molar-refractivity contribution in [2.24, 2.45) is 5.92 Å². The summed E-state index contributed by atoms with van der Waals surface area (Å²) in [5.41, 5.74) is 1.34. The molecule has 0 amide bonds. The van der Waals surface area contributed by atoms with Gasteiger partial charge in [-0.15, -0.1) is 0 Å². The summed E-state index contributed by atoms with van der Waals surface area (Å²) in [5, 5.41) is 0. The Bertz CT molecular complexity index is 258. The summed E-state index contributed by atoms with van der Waals surface area (Å²) >= 11 is 1.73. The molecule has 72 valence electrons. The van der Waals surface area contributed by atoms with Crippen LogP contribution in [-0.4, -0.2) is 6.54 Å². The molecular weight excluding hydrogens is 178 g/mol. The Morgan fingerprint density at radius 2 is 2.00 bits per heavy atom. The van der Waals surface area contributed by atoms with Crippen molar-refractivity contribution in [1.29, 1.82) is 0 Å². The maximum Gasteiger partial charge on any atom is 0.0257 e. The zero-order chi connectivity index (χ0) is 9.68. The molecule has 0 aliphatic heterocycles. The smallest absolute Gasteiger partial charge is 0.0257 e. The fourth-order valence-electron chi connectivity index (χ4n) is 0.957. The molecule has 1 aromatic carbocycles. The van der Waals surface area contributed by atoms with E-state index in [1.54, 1.807) is 11.9 Å². The lowest BCUT2D eigenvalue weighted by molar-refractivity contribution is 0.640. The number of nitrogens with one attached hydrogen (secondary N) is 1. The van der Waals surface area contributed by atoms with E-state index in [4.69, 9.17) is 0 Å². The third-order valence-electron chi connectivity index (χ3n) is 1.77. The topological polar surface area (TPSA) is 12.0 Å². The first-order valence-corrected chi connectivity index (χ1v) is 5.47. The fraction of sp³-hybridized carbons (Fsp3) is 0.455.